The fraction of sp³-hybridized carbons (Fsp3) is 0.375. The molecule has 0 fully saturated rings. The van der Waals surface area contributed by atoms with Gasteiger partial charge >= 0.3 is 23.9 Å². The SMILES string of the molecule is CC(=O)OC(OC(C)=O)c1ccccc1C(OC(C)=O)OC(C)=O. The lowest BCUT2D eigenvalue weighted by Crippen LogP contribution is -2.21. The number of carbonyl (C=O) groups is 4. The molecule has 1 aromatic rings. The molecule has 130 valence electrons. The number of hydrogen-bond donors (Lipinski definition) is 0. The second-order valence-electron chi connectivity index (χ2n) is 4.73. The van der Waals surface area contributed by atoms with Crippen LogP contribution in [-0.2, 0) is 38.1 Å². The smallest absolute Gasteiger partial charge is 0.305 e. The summed E-state index contributed by atoms with van der Waals surface area (Å²) in [5.41, 5.74) is 0.408. The van der Waals surface area contributed by atoms with E-state index < -0.39 is 36.5 Å². The van der Waals surface area contributed by atoms with Crippen LogP contribution in [0.3, 0.4) is 0 Å². The van der Waals surface area contributed by atoms with E-state index in [1.54, 1.807) is 12.1 Å². The summed E-state index contributed by atoms with van der Waals surface area (Å²) in [7, 11) is 0. The molecule has 0 bridgehead atoms. The van der Waals surface area contributed by atoms with Crippen LogP contribution in [0.1, 0.15) is 51.4 Å². The first-order valence-electron chi connectivity index (χ1n) is 6.98. The molecule has 0 atom stereocenters. The molecule has 0 unspecified atom stereocenters. The Labute approximate surface area is 138 Å². The normalized spacial score (nSPS) is 10.2. The van der Waals surface area contributed by atoms with E-state index in [4.69, 9.17) is 18.9 Å². The summed E-state index contributed by atoms with van der Waals surface area (Å²) in [5.74, 6) is -2.75. The van der Waals surface area contributed by atoms with Gasteiger partial charge in [-0.25, -0.2) is 0 Å². The summed E-state index contributed by atoms with van der Waals surface area (Å²) in [5, 5.41) is 0. The second-order valence-corrected chi connectivity index (χ2v) is 4.73. The first kappa shape index (κ1) is 19.1. The average Bonchev–Trinajstić information content (AvgIpc) is 2.44. The molecule has 0 amide bonds. The van der Waals surface area contributed by atoms with Gasteiger partial charge in [0.2, 0.25) is 0 Å². The monoisotopic (exact) mass is 338 g/mol. The summed E-state index contributed by atoms with van der Waals surface area (Å²) in [6, 6.07) is 6.17. The Hall–Kier alpha value is -2.90. The molecular weight excluding hydrogens is 320 g/mol. The van der Waals surface area contributed by atoms with Gasteiger partial charge in [-0.05, 0) is 0 Å². The maximum absolute atomic E-state index is 11.3. The van der Waals surface area contributed by atoms with Gasteiger partial charge in [-0.15, -0.1) is 0 Å². The molecule has 24 heavy (non-hydrogen) atoms. The maximum Gasteiger partial charge on any atom is 0.305 e. The number of ether oxygens (including phenoxy) is 4. The highest BCUT2D eigenvalue weighted by Crippen LogP contribution is 2.30. The molecular formula is C16H18O8. The van der Waals surface area contributed by atoms with Crippen molar-refractivity contribution in [2.75, 3.05) is 0 Å². The summed E-state index contributed by atoms with van der Waals surface area (Å²) in [6.07, 6.45) is -2.74. The van der Waals surface area contributed by atoms with Crippen LogP contribution in [0.4, 0.5) is 0 Å². The molecule has 1 rings (SSSR count). The van der Waals surface area contributed by atoms with E-state index in [0.717, 1.165) is 27.7 Å². The average molecular weight is 338 g/mol. The van der Waals surface area contributed by atoms with Gasteiger partial charge in [0.25, 0.3) is 12.6 Å². The van der Waals surface area contributed by atoms with Gasteiger partial charge in [0.15, 0.2) is 0 Å². The van der Waals surface area contributed by atoms with Crippen LogP contribution < -0.4 is 0 Å². The zero-order valence-corrected chi connectivity index (χ0v) is 13.7. The zero-order chi connectivity index (χ0) is 18.3. The van der Waals surface area contributed by atoms with Gasteiger partial charge in [-0.1, -0.05) is 24.3 Å². The molecule has 0 aliphatic carbocycles. The molecule has 1 aromatic carbocycles. The summed E-state index contributed by atoms with van der Waals surface area (Å²) >= 11 is 0. The van der Waals surface area contributed by atoms with Crippen LogP contribution in [0.5, 0.6) is 0 Å². The van der Waals surface area contributed by atoms with Crippen molar-refractivity contribution in [3.8, 4) is 0 Å². The molecule has 0 aliphatic heterocycles. The Kier molecular flexibility index (Phi) is 6.91. The zero-order valence-electron chi connectivity index (χ0n) is 13.7. The molecule has 0 saturated carbocycles. The van der Waals surface area contributed by atoms with Crippen molar-refractivity contribution in [2.45, 2.75) is 40.3 Å². The molecule has 0 saturated heterocycles. The third-order valence-corrected chi connectivity index (χ3v) is 2.60. The van der Waals surface area contributed by atoms with Crippen molar-refractivity contribution in [1.82, 2.24) is 0 Å². The highest BCUT2D eigenvalue weighted by atomic mass is 16.7. The molecule has 0 N–H and O–H groups in total. The number of carbonyl (C=O) groups excluding carboxylic acids is 4. The van der Waals surface area contributed by atoms with Crippen LogP contribution >= 0.6 is 0 Å². The predicted octanol–water partition coefficient (Wildman–Crippen LogP) is 1.94. The molecule has 0 spiro atoms. The van der Waals surface area contributed by atoms with E-state index in [-0.39, 0.29) is 11.1 Å². The lowest BCUT2D eigenvalue weighted by Gasteiger charge is -2.23. The molecule has 8 heteroatoms. The molecule has 0 aliphatic rings. The van der Waals surface area contributed by atoms with Gasteiger partial charge in [0.1, 0.15) is 0 Å². The lowest BCUT2D eigenvalue weighted by molar-refractivity contribution is -0.193. The van der Waals surface area contributed by atoms with E-state index in [0.29, 0.717) is 0 Å². The quantitative estimate of drug-likeness (QED) is 0.572. The number of hydrogen-bond acceptors (Lipinski definition) is 8. The van der Waals surface area contributed by atoms with Crippen molar-refractivity contribution in [3.05, 3.63) is 35.4 Å². The minimum Gasteiger partial charge on any atom is -0.421 e. The van der Waals surface area contributed by atoms with Crippen molar-refractivity contribution < 1.29 is 38.1 Å². The fourth-order valence-electron chi connectivity index (χ4n) is 1.85. The van der Waals surface area contributed by atoms with E-state index in [2.05, 4.69) is 0 Å². The van der Waals surface area contributed by atoms with E-state index in [1.807, 2.05) is 0 Å². The standard InChI is InChI=1S/C16H18O8/c1-9(17)21-15(22-10(2)18)13-7-5-6-8-14(13)16(23-11(3)19)24-12(4)20/h5-8,15-16H,1-4H3. The summed E-state index contributed by atoms with van der Waals surface area (Å²) < 4.78 is 19.9. The predicted molar refractivity (Wildman–Crippen MR) is 79.0 cm³/mol. The first-order valence-corrected chi connectivity index (χ1v) is 6.98. The minimum absolute atomic E-state index is 0.204. The highest BCUT2D eigenvalue weighted by Gasteiger charge is 2.28. The fourth-order valence-corrected chi connectivity index (χ4v) is 1.85. The first-order chi connectivity index (χ1) is 11.2. The van der Waals surface area contributed by atoms with Gasteiger partial charge in [0.05, 0.1) is 0 Å². The summed E-state index contributed by atoms with van der Waals surface area (Å²) in [6.45, 7) is 4.59. The van der Waals surface area contributed by atoms with Crippen molar-refractivity contribution >= 4 is 23.9 Å². The van der Waals surface area contributed by atoms with Crippen LogP contribution in [-0.4, -0.2) is 23.9 Å². The minimum atomic E-state index is -1.37. The molecule has 8 nitrogen and oxygen atoms in total. The van der Waals surface area contributed by atoms with Crippen molar-refractivity contribution in [2.24, 2.45) is 0 Å². The maximum atomic E-state index is 11.3. The lowest BCUT2D eigenvalue weighted by atomic mass is 10.1. The van der Waals surface area contributed by atoms with E-state index >= 15 is 0 Å². The molecule has 0 aromatic heterocycles. The van der Waals surface area contributed by atoms with Crippen molar-refractivity contribution in [3.63, 3.8) is 0 Å². The Balaban J connectivity index is 3.30. The second kappa shape index (κ2) is 8.66. The van der Waals surface area contributed by atoms with Crippen molar-refractivity contribution in [1.29, 1.82) is 0 Å². The summed E-state index contributed by atoms with van der Waals surface area (Å²) in [4.78, 5) is 45.0. The van der Waals surface area contributed by atoms with E-state index in [9.17, 15) is 19.2 Å². The Bertz CT molecular complexity index is 550. The van der Waals surface area contributed by atoms with Crippen LogP contribution in [0.2, 0.25) is 0 Å². The van der Waals surface area contributed by atoms with Crippen LogP contribution in [0.15, 0.2) is 24.3 Å². The Morgan fingerprint density at radius 1 is 0.625 bits per heavy atom. The molecule has 0 radical (unpaired) electrons. The number of benzene rings is 1. The van der Waals surface area contributed by atoms with Gasteiger partial charge in [0, 0.05) is 38.8 Å². The van der Waals surface area contributed by atoms with Gasteiger partial charge in [-0.3, -0.25) is 19.2 Å². The third-order valence-electron chi connectivity index (χ3n) is 2.60. The number of esters is 4. The number of rotatable bonds is 6. The molecule has 0 heterocycles. The van der Waals surface area contributed by atoms with E-state index in [1.165, 1.54) is 12.1 Å². The van der Waals surface area contributed by atoms with Gasteiger partial charge < -0.3 is 18.9 Å². The highest BCUT2D eigenvalue weighted by molar-refractivity contribution is 5.69. The van der Waals surface area contributed by atoms with Crippen LogP contribution in [0, 0.1) is 0 Å². The van der Waals surface area contributed by atoms with Gasteiger partial charge in [-0.2, -0.15) is 0 Å². The largest absolute Gasteiger partial charge is 0.421 e. The topological polar surface area (TPSA) is 105 Å². The third kappa shape index (κ3) is 6.07. The van der Waals surface area contributed by atoms with Crippen LogP contribution in [0.25, 0.3) is 0 Å². The Morgan fingerprint density at radius 3 is 1.08 bits per heavy atom. The Morgan fingerprint density at radius 2 is 0.875 bits per heavy atom.